The number of rotatable bonds is 4. The summed E-state index contributed by atoms with van der Waals surface area (Å²) < 4.78 is 0. The first-order valence-corrected chi connectivity index (χ1v) is 6.47. The highest BCUT2D eigenvalue weighted by Crippen LogP contribution is 2.26. The maximum Gasteiger partial charge on any atom is 0.239 e. The van der Waals surface area contributed by atoms with Crippen molar-refractivity contribution < 1.29 is 4.79 Å². The molecule has 0 aromatic rings. The molecule has 0 aliphatic heterocycles. The summed E-state index contributed by atoms with van der Waals surface area (Å²) in [4.78, 5) is 12.0. The third kappa shape index (κ3) is 3.48. The summed E-state index contributed by atoms with van der Waals surface area (Å²) in [5.41, 5.74) is -0.469. The summed E-state index contributed by atoms with van der Waals surface area (Å²) in [7, 11) is 1.82. The van der Waals surface area contributed by atoms with Crippen molar-refractivity contribution in [2.45, 2.75) is 64.5 Å². The Morgan fingerprint density at radius 3 is 2.31 bits per heavy atom. The van der Waals surface area contributed by atoms with Gasteiger partial charge in [-0.2, -0.15) is 0 Å². The van der Waals surface area contributed by atoms with Crippen molar-refractivity contribution in [1.29, 1.82) is 0 Å². The van der Waals surface area contributed by atoms with E-state index in [4.69, 9.17) is 0 Å². The minimum Gasteiger partial charge on any atom is -0.352 e. The van der Waals surface area contributed by atoms with Crippen LogP contribution in [0.4, 0.5) is 0 Å². The molecule has 0 aromatic carbocycles. The maximum atomic E-state index is 12.0. The van der Waals surface area contributed by atoms with Crippen molar-refractivity contribution in [3.63, 3.8) is 0 Å². The van der Waals surface area contributed by atoms with Gasteiger partial charge in [0.1, 0.15) is 0 Å². The zero-order valence-electron chi connectivity index (χ0n) is 11.1. The molecule has 1 saturated carbocycles. The van der Waals surface area contributed by atoms with Crippen LogP contribution >= 0.6 is 0 Å². The Hall–Kier alpha value is -0.570. The fraction of sp³-hybridized carbons (Fsp3) is 0.923. The Bertz CT molecular complexity index is 232. The van der Waals surface area contributed by atoms with Crippen molar-refractivity contribution in [3.05, 3.63) is 0 Å². The number of nitrogens with one attached hydrogen (secondary N) is 2. The molecule has 0 unspecified atom stereocenters. The molecule has 2 N–H and O–H groups in total. The molecular weight excluding hydrogens is 200 g/mol. The molecule has 0 bridgehead atoms. The Morgan fingerprint density at radius 2 is 1.81 bits per heavy atom. The van der Waals surface area contributed by atoms with E-state index in [2.05, 4.69) is 17.6 Å². The minimum absolute atomic E-state index is 0.105. The predicted octanol–water partition coefficient (Wildman–Crippen LogP) is 2.07. The van der Waals surface area contributed by atoms with Crippen molar-refractivity contribution in [2.24, 2.45) is 5.92 Å². The van der Waals surface area contributed by atoms with E-state index >= 15 is 0 Å². The molecule has 1 rings (SSSR count). The Labute approximate surface area is 99.4 Å². The highest BCUT2D eigenvalue weighted by atomic mass is 16.2. The van der Waals surface area contributed by atoms with Crippen LogP contribution in [0.3, 0.4) is 0 Å². The van der Waals surface area contributed by atoms with Gasteiger partial charge in [-0.15, -0.1) is 0 Å². The lowest BCUT2D eigenvalue weighted by atomic mass is 9.84. The molecular formula is C13H26N2O. The largest absolute Gasteiger partial charge is 0.352 e. The van der Waals surface area contributed by atoms with Gasteiger partial charge in [-0.3, -0.25) is 4.79 Å². The summed E-state index contributed by atoms with van der Waals surface area (Å²) in [6.07, 6.45) is 6.53. The summed E-state index contributed by atoms with van der Waals surface area (Å²) in [6.45, 7) is 5.96. The second-order valence-electron chi connectivity index (χ2n) is 5.54. The molecule has 0 spiro atoms. The lowest BCUT2D eigenvalue weighted by molar-refractivity contribution is -0.127. The van der Waals surface area contributed by atoms with Gasteiger partial charge < -0.3 is 10.6 Å². The molecule has 0 aromatic heterocycles. The van der Waals surface area contributed by atoms with Crippen LogP contribution in [0.25, 0.3) is 0 Å². The smallest absolute Gasteiger partial charge is 0.239 e. The molecule has 3 heteroatoms. The third-order valence-corrected chi connectivity index (χ3v) is 3.91. The maximum absolute atomic E-state index is 12.0. The number of amides is 1. The number of carbonyl (C=O) groups excluding carboxylic acids is 1. The van der Waals surface area contributed by atoms with Crippen LogP contribution in [0.5, 0.6) is 0 Å². The standard InChI is InChI=1S/C13H26N2O/c1-10(11-8-6-5-7-9-11)15-12(16)13(2,3)14-4/h10-11,14H,5-9H2,1-4H3,(H,15,16)/t10-/m1/s1. The summed E-state index contributed by atoms with van der Waals surface area (Å²) >= 11 is 0. The van der Waals surface area contributed by atoms with Gasteiger partial charge in [0, 0.05) is 6.04 Å². The van der Waals surface area contributed by atoms with Crippen molar-refractivity contribution in [2.75, 3.05) is 7.05 Å². The topological polar surface area (TPSA) is 41.1 Å². The van der Waals surface area contributed by atoms with Gasteiger partial charge in [-0.05, 0) is 46.6 Å². The van der Waals surface area contributed by atoms with E-state index in [1.165, 1.54) is 32.1 Å². The molecule has 3 nitrogen and oxygen atoms in total. The Kier molecular flexibility index (Phi) is 4.78. The highest BCUT2D eigenvalue weighted by molar-refractivity contribution is 5.85. The van der Waals surface area contributed by atoms with Gasteiger partial charge in [-0.25, -0.2) is 0 Å². The van der Waals surface area contributed by atoms with Crippen molar-refractivity contribution in [1.82, 2.24) is 10.6 Å². The number of hydrogen-bond acceptors (Lipinski definition) is 2. The fourth-order valence-electron chi connectivity index (χ4n) is 2.25. The average molecular weight is 226 g/mol. The predicted molar refractivity (Wildman–Crippen MR) is 67.3 cm³/mol. The third-order valence-electron chi connectivity index (χ3n) is 3.91. The van der Waals surface area contributed by atoms with Crippen LogP contribution < -0.4 is 10.6 Å². The molecule has 0 radical (unpaired) electrons. The lowest BCUT2D eigenvalue weighted by Crippen LogP contribution is -2.54. The van der Waals surface area contributed by atoms with E-state index in [1.807, 2.05) is 20.9 Å². The van der Waals surface area contributed by atoms with Crippen LogP contribution in [0.15, 0.2) is 0 Å². The van der Waals surface area contributed by atoms with Crippen LogP contribution in [0, 0.1) is 5.92 Å². The molecule has 1 atom stereocenters. The first kappa shape index (κ1) is 13.5. The normalized spacial score (nSPS) is 20.5. The molecule has 1 fully saturated rings. The van der Waals surface area contributed by atoms with Gasteiger partial charge in [0.2, 0.25) is 5.91 Å². The van der Waals surface area contributed by atoms with Gasteiger partial charge in [-0.1, -0.05) is 19.3 Å². The molecule has 0 saturated heterocycles. The zero-order valence-corrected chi connectivity index (χ0v) is 11.1. The van der Waals surface area contributed by atoms with Crippen molar-refractivity contribution >= 4 is 5.91 Å². The molecule has 0 heterocycles. The summed E-state index contributed by atoms with van der Waals surface area (Å²) in [6, 6.07) is 0.306. The zero-order chi connectivity index (χ0) is 12.2. The van der Waals surface area contributed by atoms with Gasteiger partial charge in [0.15, 0.2) is 0 Å². The summed E-state index contributed by atoms with van der Waals surface area (Å²) in [5.74, 6) is 0.776. The van der Waals surface area contributed by atoms with Gasteiger partial charge in [0.25, 0.3) is 0 Å². The summed E-state index contributed by atoms with van der Waals surface area (Å²) in [5, 5.41) is 6.18. The van der Waals surface area contributed by atoms with Crippen molar-refractivity contribution in [3.8, 4) is 0 Å². The molecule has 16 heavy (non-hydrogen) atoms. The number of hydrogen-bond donors (Lipinski definition) is 2. The van der Waals surface area contributed by atoms with Crippen LogP contribution in [0.1, 0.15) is 52.9 Å². The quantitative estimate of drug-likeness (QED) is 0.770. The fourth-order valence-corrected chi connectivity index (χ4v) is 2.25. The number of carbonyl (C=O) groups is 1. The van der Waals surface area contributed by atoms with E-state index in [0.717, 1.165) is 0 Å². The first-order valence-electron chi connectivity index (χ1n) is 6.47. The van der Waals surface area contributed by atoms with Crippen LogP contribution in [0.2, 0.25) is 0 Å². The second kappa shape index (κ2) is 5.67. The van der Waals surface area contributed by atoms with E-state index in [9.17, 15) is 4.79 Å². The Morgan fingerprint density at radius 1 is 1.25 bits per heavy atom. The monoisotopic (exact) mass is 226 g/mol. The molecule has 1 aliphatic rings. The number of likely N-dealkylation sites (N-methyl/N-ethyl adjacent to an activating group) is 1. The minimum atomic E-state index is -0.469. The van der Waals surface area contributed by atoms with Crippen LogP contribution in [-0.4, -0.2) is 24.5 Å². The average Bonchev–Trinajstić information content (AvgIpc) is 2.30. The molecule has 94 valence electrons. The SMILES string of the molecule is CNC(C)(C)C(=O)N[C@H](C)C1CCCCC1. The van der Waals surface area contributed by atoms with E-state index in [-0.39, 0.29) is 5.91 Å². The van der Waals surface area contributed by atoms with E-state index in [0.29, 0.717) is 12.0 Å². The molecule has 1 amide bonds. The van der Waals surface area contributed by atoms with Crippen LogP contribution in [-0.2, 0) is 4.79 Å². The Balaban J connectivity index is 2.43. The van der Waals surface area contributed by atoms with Gasteiger partial charge in [0.05, 0.1) is 5.54 Å². The van der Waals surface area contributed by atoms with E-state index in [1.54, 1.807) is 0 Å². The van der Waals surface area contributed by atoms with E-state index < -0.39 is 5.54 Å². The second-order valence-corrected chi connectivity index (χ2v) is 5.54. The molecule has 1 aliphatic carbocycles. The first-order chi connectivity index (χ1) is 7.47. The highest BCUT2D eigenvalue weighted by Gasteiger charge is 2.28. The van der Waals surface area contributed by atoms with Gasteiger partial charge >= 0.3 is 0 Å². The lowest BCUT2D eigenvalue weighted by Gasteiger charge is -2.31.